The van der Waals surface area contributed by atoms with Gasteiger partial charge < -0.3 is 33.3 Å². The van der Waals surface area contributed by atoms with E-state index in [1.165, 1.54) is 0 Å². The molecule has 0 aliphatic carbocycles. The third-order valence-electron chi connectivity index (χ3n) is 6.37. The number of rotatable bonds is 18. The summed E-state index contributed by atoms with van der Waals surface area (Å²) in [7, 11) is 3.35. The Bertz CT molecular complexity index is 1070. The van der Waals surface area contributed by atoms with Gasteiger partial charge in [-0.1, -0.05) is 24.3 Å². The van der Waals surface area contributed by atoms with Gasteiger partial charge in [0, 0.05) is 52.3 Å². The Hall–Kier alpha value is -2.73. The summed E-state index contributed by atoms with van der Waals surface area (Å²) < 4.78 is 33.3. The minimum absolute atomic E-state index is 0.500. The highest BCUT2D eigenvalue weighted by atomic mass is 32.1. The second-order valence-electron chi connectivity index (χ2n) is 9.46. The quantitative estimate of drug-likeness (QED) is 0.208. The zero-order valence-electron chi connectivity index (χ0n) is 23.6. The Balaban J connectivity index is 1.42. The van der Waals surface area contributed by atoms with Crippen LogP contribution in [0.4, 0.5) is 5.13 Å². The van der Waals surface area contributed by atoms with Gasteiger partial charge in [0.2, 0.25) is 0 Å². The second-order valence-corrected chi connectivity index (χ2v) is 10.3. The number of thiazole rings is 1. The van der Waals surface area contributed by atoms with E-state index in [9.17, 15) is 0 Å². The van der Waals surface area contributed by atoms with Crippen molar-refractivity contribution >= 4 is 16.5 Å². The van der Waals surface area contributed by atoms with E-state index in [1.807, 2.05) is 24.3 Å². The Kier molecular flexibility index (Phi) is 13.0. The molecule has 10 heteroatoms. The van der Waals surface area contributed by atoms with Gasteiger partial charge in [-0.25, -0.2) is 4.98 Å². The van der Waals surface area contributed by atoms with Crippen molar-refractivity contribution < 1.29 is 28.4 Å². The molecule has 9 nitrogen and oxygen atoms in total. The molecule has 2 heterocycles. The summed E-state index contributed by atoms with van der Waals surface area (Å²) in [4.78, 5) is 9.60. The SMILES string of the molecule is COCCOc1cccc(CN(Cc2cccc(OCCOC)c2)c2nc(COCCN3CCOCC3)cs2)c1. The lowest BCUT2D eigenvalue weighted by atomic mass is 10.1. The highest BCUT2D eigenvalue weighted by Crippen LogP contribution is 2.27. The maximum atomic E-state index is 5.97. The normalized spacial score (nSPS) is 13.8. The van der Waals surface area contributed by atoms with Crippen LogP contribution in [0.5, 0.6) is 11.5 Å². The van der Waals surface area contributed by atoms with Gasteiger partial charge in [0.05, 0.1) is 45.3 Å². The third kappa shape index (κ3) is 10.3. The number of hydrogen-bond donors (Lipinski definition) is 0. The van der Waals surface area contributed by atoms with Crippen LogP contribution in [-0.2, 0) is 38.6 Å². The van der Waals surface area contributed by atoms with Gasteiger partial charge in [-0.05, 0) is 35.4 Å². The van der Waals surface area contributed by atoms with Gasteiger partial charge in [0.25, 0.3) is 0 Å². The van der Waals surface area contributed by atoms with Crippen LogP contribution in [0.25, 0.3) is 0 Å². The van der Waals surface area contributed by atoms with E-state index < -0.39 is 0 Å². The maximum Gasteiger partial charge on any atom is 0.186 e. The topological polar surface area (TPSA) is 74.8 Å². The molecule has 1 fully saturated rings. The molecular weight excluding hydrogens is 530 g/mol. The summed E-state index contributed by atoms with van der Waals surface area (Å²) in [6.07, 6.45) is 0. The molecule has 1 aliphatic heterocycles. The lowest BCUT2D eigenvalue weighted by Crippen LogP contribution is -2.38. The van der Waals surface area contributed by atoms with Crippen molar-refractivity contribution in [3.63, 3.8) is 0 Å². The average molecular weight is 572 g/mol. The van der Waals surface area contributed by atoms with Crippen molar-refractivity contribution in [3.05, 3.63) is 70.7 Å². The second kappa shape index (κ2) is 17.2. The maximum absolute atomic E-state index is 5.97. The van der Waals surface area contributed by atoms with Gasteiger partial charge >= 0.3 is 0 Å². The molecule has 218 valence electrons. The summed E-state index contributed by atoms with van der Waals surface area (Å²) in [5.74, 6) is 1.66. The van der Waals surface area contributed by atoms with Crippen LogP contribution in [0, 0.1) is 0 Å². The molecule has 0 spiro atoms. The van der Waals surface area contributed by atoms with Gasteiger partial charge in [-0.15, -0.1) is 11.3 Å². The fourth-order valence-corrected chi connectivity index (χ4v) is 5.10. The van der Waals surface area contributed by atoms with Crippen molar-refractivity contribution in [2.24, 2.45) is 0 Å². The number of methoxy groups -OCH3 is 2. The van der Waals surface area contributed by atoms with Gasteiger partial charge in [-0.2, -0.15) is 0 Å². The summed E-state index contributed by atoms with van der Waals surface area (Å²) in [5.41, 5.74) is 3.22. The van der Waals surface area contributed by atoms with E-state index >= 15 is 0 Å². The molecule has 1 saturated heterocycles. The van der Waals surface area contributed by atoms with Crippen LogP contribution in [-0.4, -0.2) is 90.0 Å². The summed E-state index contributed by atoms with van der Waals surface area (Å²) in [6, 6.07) is 16.4. The minimum atomic E-state index is 0.500. The van der Waals surface area contributed by atoms with Crippen LogP contribution >= 0.6 is 11.3 Å². The van der Waals surface area contributed by atoms with Crippen LogP contribution in [0.15, 0.2) is 53.9 Å². The number of aromatic nitrogens is 1. The lowest BCUT2D eigenvalue weighted by molar-refractivity contribution is 0.0177. The standard InChI is InChI=1S/C30H41N3O6S/c1-34-15-17-38-28-7-3-5-25(19-28)21-33(22-26-6-4-8-29(20-26)39-18-16-35-2)30-31-27(24-40-30)23-37-14-11-32-9-12-36-13-10-32/h3-8,19-20,24H,9-18,21-23H2,1-2H3. The molecule has 0 amide bonds. The first-order chi connectivity index (χ1) is 19.7. The van der Waals surface area contributed by atoms with E-state index in [0.29, 0.717) is 52.7 Å². The number of morpholine rings is 1. The zero-order chi connectivity index (χ0) is 27.8. The predicted molar refractivity (Wildman–Crippen MR) is 157 cm³/mol. The van der Waals surface area contributed by atoms with Gasteiger partial charge in [0.15, 0.2) is 5.13 Å². The molecular formula is C30H41N3O6S. The van der Waals surface area contributed by atoms with Crippen LogP contribution < -0.4 is 14.4 Å². The van der Waals surface area contributed by atoms with E-state index in [-0.39, 0.29) is 0 Å². The summed E-state index contributed by atoms with van der Waals surface area (Å²) in [6.45, 7) is 9.13. The number of hydrogen-bond acceptors (Lipinski definition) is 10. The van der Waals surface area contributed by atoms with Crippen molar-refractivity contribution in [1.29, 1.82) is 0 Å². The van der Waals surface area contributed by atoms with Crippen molar-refractivity contribution in [1.82, 2.24) is 9.88 Å². The smallest absolute Gasteiger partial charge is 0.186 e. The van der Waals surface area contributed by atoms with E-state index in [2.05, 4.69) is 39.4 Å². The van der Waals surface area contributed by atoms with Crippen molar-refractivity contribution in [2.75, 3.05) is 85.0 Å². The Morgan fingerprint density at radius 1 is 0.850 bits per heavy atom. The predicted octanol–water partition coefficient (Wildman–Crippen LogP) is 4.25. The molecule has 40 heavy (non-hydrogen) atoms. The summed E-state index contributed by atoms with van der Waals surface area (Å²) in [5, 5.41) is 3.04. The molecule has 1 aliphatic rings. The first-order valence-electron chi connectivity index (χ1n) is 13.7. The average Bonchev–Trinajstić information content (AvgIpc) is 3.45. The number of nitrogens with zero attached hydrogens (tertiary/aromatic N) is 3. The highest BCUT2D eigenvalue weighted by molar-refractivity contribution is 7.13. The zero-order valence-corrected chi connectivity index (χ0v) is 24.4. The lowest BCUT2D eigenvalue weighted by Gasteiger charge is -2.26. The van der Waals surface area contributed by atoms with Crippen molar-refractivity contribution in [2.45, 2.75) is 19.7 Å². The molecule has 0 saturated carbocycles. The largest absolute Gasteiger partial charge is 0.491 e. The van der Waals surface area contributed by atoms with Gasteiger partial charge in [-0.3, -0.25) is 4.90 Å². The fourth-order valence-electron chi connectivity index (χ4n) is 4.29. The monoisotopic (exact) mass is 571 g/mol. The minimum Gasteiger partial charge on any atom is -0.491 e. The summed E-state index contributed by atoms with van der Waals surface area (Å²) >= 11 is 1.64. The van der Waals surface area contributed by atoms with Crippen LogP contribution in [0.1, 0.15) is 16.8 Å². The number of ether oxygens (including phenoxy) is 6. The fraction of sp³-hybridized carbons (Fsp3) is 0.500. The Morgan fingerprint density at radius 3 is 2.08 bits per heavy atom. The van der Waals surface area contributed by atoms with E-state index in [4.69, 9.17) is 33.4 Å². The van der Waals surface area contributed by atoms with Crippen molar-refractivity contribution in [3.8, 4) is 11.5 Å². The molecule has 1 aromatic heterocycles. The molecule has 0 unspecified atom stereocenters. The van der Waals surface area contributed by atoms with Crippen LogP contribution in [0.2, 0.25) is 0 Å². The van der Waals surface area contributed by atoms with E-state index in [1.54, 1.807) is 25.6 Å². The first-order valence-corrected chi connectivity index (χ1v) is 14.6. The number of benzene rings is 2. The molecule has 0 atom stereocenters. The Labute approximate surface area is 241 Å². The number of anilines is 1. The first kappa shape index (κ1) is 30.2. The molecule has 2 aromatic carbocycles. The molecule has 0 radical (unpaired) electrons. The van der Waals surface area contributed by atoms with Gasteiger partial charge in [0.1, 0.15) is 24.7 Å². The molecule has 0 bridgehead atoms. The molecule has 3 aromatic rings. The molecule has 0 N–H and O–H groups in total. The van der Waals surface area contributed by atoms with Crippen LogP contribution in [0.3, 0.4) is 0 Å². The Morgan fingerprint density at radius 2 is 1.48 bits per heavy atom. The molecule has 4 rings (SSSR count). The van der Waals surface area contributed by atoms with E-state index in [0.717, 1.165) is 66.3 Å². The highest BCUT2D eigenvalue weighted by Gasteiger charge is 2.15. The third-order valence-corrected chi connectivity index (χ3v) is 7.32.